The lowest BCUT2D eigenvalue weighted by atomic mass is 9.71. The average Bonchev–Trinajstić information content (AvgIpc) is 3.16. The molecule has 2 aromatic carbocycles. The van der Waals surface area contributed by atoms with Crippen LogP contribution in [0, 0.1) is 5.41 Å². The number of fused-ring (bicyclic) bond motifs is 1. The van der Waals surface area contributed by atoms with Crippen molar-refractivity contribution in [2.24, 2.45) is 5.41 Å². The molecule has 154 valence electrons. The van der Waals surface area contributed by atoms with Gasteiger partial charge in [0.1, 0.15) is 5.75 Å². The van der Waals surface area contributed by atoms with Gasteiger partial charge in [0, 0.05) is 18.7 Å². The topological polar surface area (TPSA) is 95.9 Å². The highest BCUT2D eigenvalue weighted by molar-refractivity contribution is 7.89. The molecular weight excluding hydrogens is 392 g/mol. The maximum absolute atomic E-state index is 13.1. The van der Waals surface area contributed by atoms with E-state index in [1.807, 2.05) is 12.1 Å². The second-order valence-corrected chi connectivity index (χ2v) is 9.80. The maximum atomic E-state index is 13.1. The SMILES string of the molecule is COc1ccc(S(=O)(=O)N2CCC3(CCc4ccc(C(=O)NO)cc4C3)C2)cc1. The third kappa shape index (κ3) is 3.63. The van der Waals surface area contributed by atoms with Crippen LogP contribution in [0.25, 0.3) is 0 Å². The Morgan fingerprint density at radius 2 is 1.90 bits per heavy atom. The molecule has 1 aliphatic carbocycles. The number of nitrogens with one attached hydrogen (secondary N) is 1. The molecule has 0 saturated carbocycles. The number of sulfonamides is 1. The van der Waals surface area contributed by atoms with Gasteiger partial charge in [-0.25, -0.2) is 13.9 Å². The smallest absolute Gasteiger partial charge is 0.274 e. The van der Waals surface area contributed by atoms with Gasteiger partial charge in [-0.05, 0) is 78.6 Å². The molecule has 1 fully saturated rings. The largest absolute Gasteiger partial charge is 0.497 e. The summed E-state index contributed by atoms with van der Waals surface area (Å²) in [5.74, 6) is 0.0796. The van der Waals surface area contributed by atoms with Crippen molar-refractivity contribution >= 4 is 15.9 Å². The highest BCUT2D eigenvalue weighted by Gasteiger charge is 2.44. The Balaban J connectivity index is 1.55. The van der Waals surface area contributed by atoms with Crippen molar-refractivity contribution in [3.8, 4) is 5.75 Å². The fourth-order valence-electron chi connectivity index (χ4n) is 4.48. The molecule has 8 heteroatoms. The number of amides is 1. The Morgan fingerprint density at radius 1 is 1.14 bits per heavy atom. The van der Waals surface area contributed by atoms with E-state index in [-0.39, 0.29) is 10.3 Å². The molecule has 0 aromatic heterocycles. The van der Waals surface area contributed by atoms with Crippen molar-refractivity contribution in [2.45, 2.75) is 30.6 Å². The first kappa shape index (κ1) is 19.9. The van der Waals surface area contributed by atoms with E-state index in [4.69, 9.17) is 9.94 Å². The molecule has 1 heterocycles. The second-order valence-electron chi connectivity index (χ2n) is 7.87. The Bertz CT molecular complexity index is 1040. The fraction of sp³-hybridized carbons (Fsp3) is 0.381. The predicted molar refractivity (Wildman–Crippen MR) is 107 cm³/mol. The first-order chi connectivity index (χ1) is 13.9. The van der Waals surface area contributed by atoms with E-state index in [0.29, 0.717) is 24.4 Å². The summed E-state index contributed by atoms with van der Waals surface area (Å²) in [5, 5.41) is 8.88. The van der Waals surface area contributed by atoms with E-state index < -0.39 is 15.9 Å². The summed E-state index contributed by atoms with van der Waals surface area (Å²) in [4.78, 5) is 12.0. The van der Waals surface area contributed by atoms with Crippen LogP contribution in [-0.4, -0.2) is 44.0 Å². The molecule has 0 bridgehead atoms. The van der Waals surface area contributed by atoms with Gasteiger partial charge in [0.2, 0.25) is 10.0 Å². The van der Waals surface area contributed by atoms with Crippen LogP contribution < -0.4 is 10.2 Å². The fourth-order valence-corrected chi connectivity index (χ4v) is 6.03. The Morgan fingerprint density at radius 3 is 2.59 bits per heavy atom. The standard InChI is InChI=1S/C21H24N2O5S/c1-28-18-4-6-19(7-5-18)29(26,27)23-11-10-21(14-23)9-8-15-2-3-16(20(24)22-25)12-17(15)13-21/h2-7,12,25H,8-11,13-14H2,1H3,(H,22,24). The van der Waals surface area contributed by atoms with Crippen molar-refractivity contribution in [1.82, 2.24) is 9.79 Å². The number of rotatable bonds is 4. The van der Waals surface area contributed by atoms with Crippen molar-refractivity contribution in [2.75, 3.05) is 20.2 Å². The first-order valence-corrected chi connectivity index (χ1v) is 11.0. The molecule has 7 nitrogen and oxygen atoms in total. The van der Waals surface area contributed by atoms with E-state index in [0.717, 1.165) is 31.2 Å². The van der Waals surface area contributed by atoms with Gasteiger partial charge in [-0.15, -0.1) is 0 Å². The number of methoxy groups -OCH3 is 1. The molecule has 0 radical (unpaired) electrons. The number of nitrogens with zero attached hydrogens (tertiary/aromatic N) is 1. The summed E-state index contributed by atoms with van der Waals surface area (Å²) >= 11 is 0. The van der Waals surface area contributed by atoms with Crippen LogP contribution in [0.5, 0.6) is 5.75 Å². The van der Waals surface area contributed by atoms with Gasteiger partial charge in [-0.2, -0.15) is 4.31 Å². The molecule has 1 unspecified atom stereocenters. The average molecular weight is 416 g/mol. The third-order valence-corrected chi connectivity index (χ3v) is 8.02. The van der Waals surface area contributed by atoms with E-state index in [1.54, 1.807) is 47.2 Å². The summed E-state index contributed by atoms with van der Waals surface area (Å²) in [6.45, 7) is 0.956. The molecule has 1 spiro atoms. The van der Waals surface area contributed by atoms with Crippen LogP contribution in [0.1, 0.15) is 34.3 Å². The number of hydrogen-bond acceptors (Lipinski definition) is 5. The lowest BCUT2D eigenvalue weighted by molar-refractivity contribution is 0.0706. The predicted octanol–water partition coefficient (Wildman–Crippen LogP) is 2.38. The lowest BCUT2D eigenvalue weighted by Gasteiger charge is -2.35. The van der Waals surface area contributed by atoms with Crippen LogP contribution >= 0.6 is 0 Å². The van der Waals surface area contributed by atoms with Gasteiger partial charge < -0.3 is 4.74 Å². The second kappa shape index (κ2) is 7.44. The molecule has 29 heavy (non-hydrogen) atoms. The number of hydrogen-bond donors (Lipinski definition) is 2. The van der Waals surface area contributed by atoms with Gasteiger partial charge in [-0.1, -0.05) is 6.07 Å². The number of benzene rings is 2. The zero-order valence-electron chi connectivity index (χ0n) is 16.2. The first-order valence-electron chi connectivity index (χ1n) is 9.57. The van der Waals surface area contributed by atoms with Gasteiger partial charge >= 0.3 is 0 Å². The minimum atomic E-state index is -3.56. The molecule has 1 saturated heterocycles. The Labute approximate surface area is 170 Å². The molecular formula is C21H24N2O5S. The number of aryl methyl sites for hydroxylation is 1. The van der Waals surface area contributed by atoms with Crippen LogP contribution in [0.2, 0.25) is 0 Å². The summed E-state index contributed by atoms with van der Waals surface area (Å²) in [6.07, 6.45) is 3.29. The highest BCUT2D eigenvalue weighted by atomic mass is 32.2. The molecule has 2 N–H and O–H groups in total. The zero-order valence-corrected chi connectivity index (χ0v) is 17.0. The van der Waals surface area contributed by atoms with E-state index in [1.165, 1.54) is 5.56 Å². The quantitative estimate of drug-likeness (QED) is 0.589. The number of ether oxygens (including phenoxy) is 1. The Hall–Kier alpha value is -2.42. The summed E-state index contributed by atoms with van der Waals surface area (Å²) in [5.41, 5.74) is 4.19. The van der Waals surface area contributed by atoms with E-state index in [9.17, 15) is 13.2 Å². The monoisotopic (exact) mass is 416 g/mol. The van der Waals surface area contributed by atoms with E-state index >= 15 is 0 Å². The molecule has 2 aliphatic rings. The molecule has 1 aliphatic heterocycles. The summed E-state index contributed by atoms with van der Waals surface area (Å²) in [6, 6.07) is 11.9. The van der Waals surface area contributed by atoms with Crippen molar-refractivity contribution in [3.63, 3.8) is 0 Å². The van der Waals surface area contributed by atoms with Gasteiger partial charge in [0.25, 0.3) is 5.91 Å². The van der Waals surface area contributed by atoms with Crippen LogP contribution in [0.4, 0.5) is 0 Å². The van der Waals surface area contributed by atoms with Crippen LogP contribution in [0.15, 0.2) is 47.4 Å². The van der Waals surface area contributed by atoms with Crippen molar-refractivity contribution < 1.29 is 23.2 Å². The lowest BCUT2D eigenvalue weighted by Crippen LogP contribution is -2.35. The van der Waals surface area contributed by atoms with E-state index in [2.05, 4.69) is 0 Å². The number of carbonyl (C=O) groups is 1. The van der Waals surface area contributed by atoms with Crippen LogP contribution in [0.3, 0.4) is 0 Å². The zero-order chi connectivity index (χ0) is 20.6. The molecule has 2 aromatic rings. The summed E-state index contributed by atoms with van der Waals surface area (Å²) < 4.78 is 32.9. The van der Waals surface area contributed by atoms with Crippen molar-refractivity contribution in [3.05, 3.63) is 59.2 Å². The molecule has 4 rings (SSSR count). The minimum absolute atomic E-state index is 0.124. The number of carbonyl (C=O) groups excluding carboxylic acids is 1. The van der Waals surface area contributed by atoms with Gasteiger partial charge in [0.05, 0.1) is 12.0 Å². The molecule has 1 atom stereocenters. The Kier molecular flexibility index (Phi) is 5.10. The van der Waals surface area contributed by atoms with Gasteiger partial charge in [0.15, 0.2) is 0 Å². The maximum Gasteiger partial charge on any atom is 0.274 e. The number of hydroxylamine groups is 1. The minimum Gasteiger partial charge on any atom is -0.497 e. The van der Waals surface area contributed by atoms with Crippen molar-refractivity contribution in [1.29, 1.82) is 0 Å². The molecule has 1 amide bonds. The third-order valence-electron chi connectivity index (χ3n) is 6.16. The summed E-state index contributed by atoms with van der Waals surface area (Å²) in [7, 11) is -2.02. The van der Waals surface area contributed by atoms with Gasteiger partial charge in [-0.3, -0.25) is 10.0 Å². The van der Waals surface area contributed by atoms with Crippen LogP contribution in [-0.2, 0) is 22.9 Å². The normalized spacial score (nSPS) is 21.7. The highest BCUT2D eigenvalue weighted by Crippen LogP contribution is 2.44.